The van der Waals surface area contributed by atoms with Gasteiger partial charge in [-0.3, -0.25) is 9.69 Å². The Morgan fingerprint density at radius 3 is 2.94 bits per heavy atom. The Kier molecular flexibility index (Phi) is 3.06. The lowest BCUT2D eigenvalue weighted by molar-refractivity contribution is -0.135. The maximum absolute atomic E-state index is 12.3. The average molecular weight is 239 g/mol. The Balaban J connectivity index is 1.59. The van der Waals surface area contributed by atoms with E-state index in [0.29, 0.717) is 19.0 Å². The molecule has 0 aromatic carbocycles. The number of aliphatic hydroxyl groups excluding tert-OH is 1. The lowest BCUT2D eigenvalue weighted by Crippen LogP contribution is -2.55. The molecule has 0 aromatic heterocycles. The van der Waals surface area contributed by atoms with Crippen LogP contribution in [0.3, 0.4) is 0 Å². The van der Waals surface area contributed by atoms with Crippen LogP contribution in [-0.2, 0) is 4.79 Å². The van der Waals surface area contributed by atoms with E-state index in [2.05, 4.69) is 10.2 Å². The van der Waals surface area contributed by atoms with Crippen LogP contribution in [-0.4, -0.2) is 71.7 Å². The molecular formula is C12H21N3O2. The van der Waals surface area contributed by atoms with Crippen molar-refractivity contribution in [1.29, 1.82) is 0 Å². The molecule has 0 saturated carbocycles. The molecular weight excluding hydrogens is 218 g/mol. The van der Waals surface area contributed by atoms with Gasteiger partial charge in [-0.05, 0) is 25.8 Å². The number of amides is 1. The Hall–Kier alpha value is -0.650. The summed E-state index contributed by atoms with van der Waals surface area (Å²) in [6, 6.07) is 0.428. The third kappa shape index (κ3) is 2.19. The molecule has 3 unspecified atom stereocenters. The number of rotatable bonds is 1. The van der Waals surface area contributed by atoms with Crippen LogP contribution < -0.4 is 5.32 Å². The largest absolute Gasteiger partial charge is 0.392 e. The molecule has 0 spiro atoms. The molecule has 17 heavy (non-hydrogen) atoms. The van der Waals surface area contributed by atoms with Crippen molar-refractivity contribution in [3.05, 3.63) is 0 Å². The number of carbonyl (C=O) groups excluding carboxylic acids is 1. The van der Waals surface area contributed by atoms with E-state index < -0.39 is 0 Å². The van der Waals surface area contributed by atoms with Crippen LogP contribution in [0, 0.1) is 0 Å². The molecule has 3 heterocycles. The van der Waals surface area contributed by atoms with E-state index in [1.807, 2.05) is 4.90 Å². The monoisotopic (exact) mass is 239 g/mol. The molecule has 3 atom stereocenters. The number of nitrogens with one attached hydrogen (secondary N) is 1. The van der Waals surface area contributed by atoms with Gasteiger partial charge in [0.1, 0.15) is 0 Å². The number of aliphatic hydroxyl groups is 1. The third-order valence-electron chi connectivity index (χ3n) is 4.30. The second kappa shape index (κ2) is 4.55. The fourth-order valence-corrected chi connectivity index (χ4v) is 3.32. The van der Waals surface area contributed by atoms with Gasteiger partial charge in [-0.15, -0.1) is 0 Å². The number of carbonyl (C=O) groups is 1. The summed E-state index contributed by atoms with van der Waals surface area (Å²) >= 11 is 0. The van der Waals surface area contributed by atoms with E-state index in [4.69, 9.17) is 0 Å². The highest BCUT2D eigenvalue weighted by Gasteiger charge is 2.36. The Morgan fingerprint density at radius 2 is 2.18 bits per heavy atom. The van der Waals surface area contributed by atoms with Gasteiger partial charge in [0, 0.05) is 32.2 Å². The molecule has 3 saturated heterocycles. The molecule has 3 rings (SSSR count). The van der Waals surface area contributed by atoms with Crippen molar-refractivity contribution in [3.8, 4) is 0 Å². The molecule has 2 N–H and O–H groups in total. The summed E-state index contributed by atoms with van der Waals surface area (Å²) in [7, 11) is 0. The summed E-state index contributed by atoms with van der Waals surface area (Å²) in [4.78, 5) is 16.8. The van der Waals surface area contributed by atoms with Gasteiger partial charge in [-0.2, -0.15) is 0 Å². The van der Waals surface area contributed by atoms with Crippen molar-refractivity contribution in [1.82, 2.24) is 15.1 Å². The summed E-state index contributed by atoms with van der Waals surface area (Å²) < 4.78 is 0. The van der Waals surface area contributed by atoms with E-state index in [1.165, 1.54) is 19.4 Å². The summed E-state index contributed by atoms with van der Waals surface area (Å²) in [5.41, 5.74) is 0. The fourth-order valence-electron chi connectivity index (χ4n) is 3.32. The molecule has 5 nitrogen and oxygen atoms in total. The van der Waals surface area contributed by atoms with Gasteiger partial charge in [0.2, 0.25) is 5.91 Å². The van der Waals surface area contributed by atoms with E-state index in [9.17, 15) is 9.90 Å². The van der Waals surface area contributed by atoms with Gasteiger partial charge >= 0.3 is 0 Å². The lowest BCUT2D eigenvalue weighted by atomic mass is 10.1. The minimum Gasteiger partial charge on any atom is -0.392 e. The first-order valence-electron chi connectivity index (χ1n) is 6.68. The summed E-state index contributed by atoms with van der Waals surface area (Å²) in [6.07, 6.45) is 2.72. The zero-order valence-electron chi connectivity index (χ0n) is 10.1. The molecule has 0 aromatic rings. The van der Waals surface area contributed by atoms with Crippen molar-refractivity contribution >= 4 is 5.91 Å². The van der Waals surface area contributed by atoms with Gasteiger partial charge in [-0.25, -0.2) is 0 Å². The molecule has 96 valence electrons. The molecule has 3 fully saturated rings. The summed E-state index contributed by atoms with van der Waals surface area (Å²) in [6.45, 7) is 4.51. The Labute approximate surface area is 102 Å². The second-order valence-corrected chi connectivity index (χ2v) is 5.47. The zero-order chi connectivity index (χ0) is 11.8. The first-order chi connectivity index (χ1) is 8.24. The minimum absolute atomic E-state index is 0.155. The van der Waals surface area contributed by atoms with E-state index in [1.54, 1.807) is 0 Å². The van der Waals surface area contributed by atoms with Crippen molar-refractivity contribution in [2.75, 3.05) is 32.7 Å². The number of β-amino-alcohol motifs (C(OH)–C–C–N with tert-alkyl or cyclic N) is 1. The minimum atomic E-state index is -0.350. The van der Waals surface area contributed by atoms with Gasteiger partial charge in [0.25, 0.3) is 0 Å². The summed E-state index contributed by atoms with van der Waals surface area (Å²) in [5.74, 6) is 0.188. The smallest absolute Gasteiger partial charge is 0.239 e. The molecule has 5 heteroatoms. The van der Waals surface area contributed by atoms with Crippen molar-refractivity contribution in [2.24, 2.45) is 0 Å². The van der Waals surface area contributed by atoms with Gasteiger partial charge in [-0.1, -0.05) is 0 Å². The standard InChI is InChI=1S/C12H21N3O2/c16-10-6-11(13-7-10)12(17)15-5-4-14-3-1-2-9(14)8-15/h9-11,13,16H,1-8H2. The van der Waals surface area contributed by atoms with Crippen LogP contribution in [0.2, 0.25) is 0 Å². The number of piperazine rings is 1. The average Bonchev–Trinajstić information content (AvgIpc) is 2.95. The van der Waals surface area contributed by atoms with Gasteiger partial charge < -0.3 is 15.3 Å². The molecule has 1 amide bonds. The first kappa shape index (κ1) is 11.4. The van der Waals surface area contributed by atoms with Gasteiger partial charge in [0.05, 0.1) is 12.1 Å². The molecule has 0 bridgehead atoms. The maximum atomic E-state index is 12.3. The third-order valence-corrected chi connectivity index (χ3v) is 4.30. The van der Waals surface area contributed by atoms with Crippen LogP contribution in [0.4, 0.5) is 0 Å². The molecule has 3 aliphatic rings. The van der Waals surface area contributed by atoms with Gasteiger partial charge in [0.15, 0.2) is 0 Å². The van der Waals surface area contributed by atoms with Crippen molar-refractivity contribution in [3.63, 3.8) is 0 Å². The second-order valence-electron chi connectivity index (χ2n) is 5.47. The maximum Gasteiger partial charge on any atom is 0.239 e. The quantitative estimate of drug-likeness (QED) is 0.617. The summed E-state index contributed by atoms with van der Waals surface area (Å²) in [5, 5.41) is 12.6. The lowest BCUT2D eigenvalue weighted by Gasteiger charge is -2.38. The van der Waals surface area contributed by atoms with Crippen LogP contribution >= 0.6 is 0 Å². The topological polar surface area (TPSA) is 55.8 Å². The molecule has 3 aliphatic heterocycles. The number of fused-ring (bicyclic) bond motifs is 1. The first-order valence-corrected chi connectivity index (χ1v) is 6.68. The molecule has 0 radical (unpaired) electrons. The normalized spacial score (nSPS) is 38.4. The number of hydrogen-bond donors (Lipinski definition) is 2. The Bertz CT molecular complexity index is 310. The van der Waals surface area contributed by atoms with Crippen molar-refractivity contribution in [2.45, 2.75) is 37.5 Å². The predicted octanol–water partition coefficient (Wildman–Crippen LogP) is -0.984. The highest BCUT2D eigenvalue weighted by atomic mass is 16.3. The van der Waals surface area contributed by atoms with Crippen molar-refractivity contribution < 1.29 is 9.90 Å². The van der Waals surface area contributed by atoms with E-state index in [0.717, 1.165) is 19.6 Å². The predicted molar refractivity (Wildman–Crippen MR) is 63.6 cm³/mol. The SMILES string of the molecule is O=C(C1CC(O)CN1)N1CCN2CCCC2C1. The van der Waals surface area contributed by atoms with E-state index in [-0.39, 0.29) is 18.1 Å². The van der Waals surface area contributed by atoms with E-state index >= 15 is 0 Å². The number of hydrogen-bond acceptors (Lipinski definition) is 4. The zero-order valence-corrected chi connectivity index (χ0v) is 10.1. The highest BCUT2D eigenvalue weighted by molar-refractivity contribution is 5.82. The van der Waals surface area contributed by atoms with Crippen LogP contribution in [0.25, 0.3) is 0 Å². The highest BCUT2D eigenvalue weighted by Crippen LogP contribution is 2.22. The molecule has 0 aliphatic carbocycles. The van der Waals surface area contributed by atoms with Crippen LogP contribution in [0.5, 0.6) is 0 Å². The van der Waals surface area contributed by atoms with Crippen LogP contribution in [0.15, 0.2) is 0 Å². The fraction of sp³-hybridized carbons (Fsp3) is 0.917. The Morgan fingerprint density at radius 1 is 1.29 bits per heavy atom. The van der Waals surface area contributed by atoms with Crippen LogP contribution in [0.1, 0.15) is 19.3 Å². The number of nitrogens with zero attached hydrogens (tertiary/aromatic N) is 2.